The molecule has 7 N–H and O–H groups in total. The number of ether oxygens (including phenoxy) is 2. The number of esters is 1. The van der Waals surface area contributed by atoms with Crippen molar-refractivity contribution in [1.82, 2.24) is 15.3 Å². The second-order valence-corrected chi connectivity index (χ2v) is 7.77. The smallest absolute Gasteiger partial charge is 0.332 e. The van der Waals surface area contributed by atoms with E-state index in [1.165, 1.54) is 0 Å². The summed E-state index contributed by atoms with van der Waals surface area (Å²) in [6, 6.07) is 0. The number of nitrogens with two attached hydrogens (primary N) is 3. The molecular formula is C18H30ClN7O4. The van der Waals surface area contributed by atoms with Crippen LogP contribution in [-0.2, 0) is 14.3 Å². The molecule has 30 heavy (non-hydrogen) atoms. The highest BCUT2D eigenvalue weighted by Gasteiger charge is 2.17. The van der Waals surface area contributed by atoms with Crippen LogP contribution in [0.25, 0.3) is 0 Å². The first kappa shape index (κ1) is 25.4. The lowest BCUT2D eigenvalue weighted by atomic mass is 10.2. The molecule has 1 aromatic rings. The molecule has 0 aromatic carbocycles. The Morgan fingerprint density at radius 1 is 1.10 bits per heavy atom. The van der Waals surface area contributed by atoms with Crippen LogP contribution in [0.3, 0.4) is 0 Å². The Labute approximate surface area is 180 Å². The third-order valence-electron chi connectivity index (χ3n) is 3.48. The lowest BCUT2D eigenvalue weighted by Gasteiger charge is -2.19. The minimum Gasteiger partial charge on any atom is -0.458 e. The second kappa shape index (κ2) is 12.1. The van der Waals surface area contributed by atoms with Gasteiger partial charge in [0.05, 0.1) is 0 Å². The fourth-order valence-corrected chi connectivity index (χ4v) is 2.35. The standard InChI is InChI=1S/C18H30ClN7O4/c1-18(2,3)30-11(27)10-29-9-7-5-4-6-8-23-17(22)26-16(28)12-14(20)25-15(21)13(19)24-12/h4-10H2,1-3H3,(H4,20,21,25)(H3,22,23,26,28). The van der Waals surface area contributed by atoms with Crippen LogP contribution in [0.5, 0.6) is 0 Å². The summed E-state index contributed by atoms with van der Waals surface area (Å²) in [4.78, 5) is 35.2. The van der Waals surface area contributed by atoms with Gasteiger partial charge in [0.1, 0.15) is 12.2 Å². The number of nitrogen functional groups attached to an aromatic ring is 2. The molecule has 12 heteroatoms. The molecule has 0 bridgehead atoms. The van der Waals surface area contributed by atoms with E-state index in [-0.39, 0.29) is 41.0 Å². The Balaban J connectivity index is 2.19. The maximum atomic E-state index is 12.1. The highest BCUT2D eigenvalue weighted by atomic mass is 35.5. The Hall–Kier alpha value is -2.66. The van der Waals surface area contributed by atoms with E-state index in [9.17, 15) is 9.59 Å². The van der Waals surface area contributed by atoms with Crippen molar-refractivity contribution in [2.45, 2.75) is 52.1 Å². The SMILES string of the molecule is CC(C)(C)OC(=O)COCCCCCCN=C(N)NC(=O)c1nc(Cl)c(N)nc1N. The number of carbonyl (C=O) groups excluding carboxylic acids is 2. The molecule has 0 radical (unpaired) electrons. The number of amides is 1. The molecular weight excluding hydrogens is 414 g/mol. The third kappa shape index (κ3) is 10.2. The zero-order chi connectivity index (χ0) is 22.7. The number of aliphatic imine (C=N–C) groups is 1. The minimum atomic E-state index is -0.676. The molecule has 168 valence electrons. The molecule has 0 atom stereocenters. The van der Waals surface area contributed by atoms with Gasteiger partial charge in [-0.25, -0.2) is 14.8 Å². The summed E-state index contributed by atoms with van der Waals surface area (Å²) in [5, 5.41) is 2.25. The van der Waals surface area contributed by atoms with E-state index in [2.05, 4.69) is 20.3 Å². The molecule has 1 amide bonds. The van der Waals surface area contributed by atoms with E-state index in [0.29, 0.717) is 13.2 Å². The number of nitrogens with zero attached hydrogens (tertiary/aromatic N) is 3. The van der Waals surface area contributed by atoms with Crippen molar-refractivity contribution >= 4 is 41.1 Å². The van der Waals surface area contributed by atoms with E-state index in [1.54, 1.807) is 0 Å². The minimum absolute atomic E-state index is 0.0497. The first-order valence-corrected chi connectivity index (χ1v) is 9.86. The van der Waals surface area contributed by atoms with Crippen molar-refractivity contribution in [3.63, 3.8) is 0 Å². The number of hydrogen-bond donors (Lipinski definition) is 4. The van der Waals surface area contributed by atoms with Crippen LogP contribution >= 0.6 is 11.6 Å². The monoisotopic (exact) mass is 443 g/mol. The predicted molar refractivity (Wildman–Crippen MR) is 115 cm³/mol. The average Bonchev–Trinajstić information content (AvgIpc) is 2.61. The molecule has 0 fully saturated rings. The van der Waals surface area contributed by atoms with Crippen LogP contribution in [0.1, 0.15) is 56.9 Å². The fraction of sp³-hybridized carbons (Fsp3) is 0.611. The Bertz CT molecular complexity index is 766. The van der Waals surface area contributed by atoms with E-state index >= 15 is 0 Å². The van der Waals surface area contributed by atoms with Crippen molar-refractivity contribution in [3.8, 4) is 0 Å². The maximum Gasteiger partial charge on any atom is 0.332 e. The van der Waals surface area contributed by atoms with Gasteiger partial charge in [0, 0.05) is 13.2 Å². The van der Waals surface area contributed by atoms with Crippen LogP contribution < -0.4 is 22.5 Å². The number of hydrogen-bond acceptors (Lipinski definition) is 9. The molecule has 1 aromatic heterocycles. The van der Waals surface area contributed by atoms with Crippen molar-refractivity contribution in [2.24, 2.45) is 10.7 Å². The van der Waals surface area contributed by atoms with Gasteiger partial charge in [-0.15, -0.1) is 0 Å². The van der Waals surface area contributed by atoms with E-state index in [0.717, 1.165) is 25.7 Å². The lowest BCUT2D eigenvalue weighted by molar-refractivity contribution is -0.160. The summed E-state index contributed by atoms with van der Waals surface area (Å²) in [5.74, 6) is -1.33. The van der Waals surface area contributed by atoms with Gasteiger partial charge >= 0.3 is 5.97 Å². The van der Waals surface area contributed by atoms with Gasteiger partial charge in [-0.3, -0.25) is 15.1 Å². The van der Waals surface area contributed by atoms with Crippen LogP contribution in [0.4, 0.5) is 11.6 Å². The number of unbranched alkanes of at least 4 members (excludes halogenated alkanes) is 3. The highest BCUT2D eigenvalue weighted by Crippen LogP contribution is 2.17. The van der Waals surface area contributed by atoms with Gasteiger partial charge in [0.25, 0.3) is 5.91 Å². The van der Waals surface area contributed by atoms with Gasteiger partial charge in [0.15, 0.2) is 28.4 Å². The van der Waals surface area contributed by atoms with Gasteiger partial charge in [-0.05, 0) is 33.6 Å². The zero-order valence-electron chi connectivity index (χ0n) is 17.5. The number of nitrogens with one attached hydrogen (secondary N) is 1. The third-order valence-corrected chi connectivity index (χ3v) is 3.76. The van der Waals surface area contributed by atoms with Gasteiger partial charge in [0.2, 0.25) is 0 Å². The molecule has 1 rings (SSSR count). The Kier molecular flexibility index (Phi) is 10.3. The average molecular weight is 444 g/mol. The van der Waals surface area contributed by atoms with Gasteiger partial charge in [-0.2, -0.15) is 0 Å². The van der Waals surface area contributed by atoms with Crippen LogP contribution in [-0.4, -0.2) is 53.2 Å². The summed E-state index contributed by atoms with van der Waals surface area (Å²) in [7, 11) is 0. The molecule has 0 unspecified atom stereocenters. The largest absolute Gasteiger partial charge is 0.458 e. The molecule has 11 nitrogen and oxygen atoms in total. The van der Waals surface area contributed by atoms with E-state index < -0.39 is 11.5 Å². The van der Waals surface area contributed by atoms with Crippen molar-refractivity contribution in [1.29, 1.82) is 0 Å². The molecule has 0 saturated heterocycles. The summed E-state index contributed by atoms with van der Waals surface area (Å²) in [6.45, 7) is 6.29. The van der Waals surface area contributed by atoms with E-state index in [1.807, 2.05) is 20.8 Å². The first-order chi connectivity index (χ1) is 14.0. The first-order valence-electron chi connectivity index (χ1n) is 9.49. The normalized spacial score (nSPS) is 11.9. The highest BCUT2D eigenvalue weighted by molar-refractivity contribution is 6.31. The molecule has 0 aliphatic rings. The number of guanidine groups is 1. The Morgan fingerprint density at radius 2 is 1.77 bits per heavy atom. The Morgan fingerprint density at radius 3 is 2.43 bits per heavy atom. The van der Waals surface area contributed by atoms with Crippen LogP contribution in [0, 0.1) is 0 Å². The van der Waals surface area contributed by atoms with Crippen molar-refractivity contribution < 1.29 is 19.1 Å². The number of halogens is 1. The van der Waals surface area contributed by atoms with Crippen molar-refractivity contribution in [2.75, 3.05) is 31.2 Å². The van der Waals surface area contributed by atoms with E-state index in [4.69, 9.17) is 38.3 Å². The predicted octanol–water partition coefficient (Wildman–Crippen LogP) is 1.26. The molecule has 0 aliphatic carbocycles. The molecule has 1 heterocycles. The maximum absolute atomic E-state index is 12.1. The lowest BCUT2D eigenvalue weighted by Crippen LogP contribution is -2.38. The summed E-state index contributed by atoms with van der Waals surface area (Å²) < 4.78 is 10.4. The summed E-state index contributed by atoms with van der Waals surface area (Å²) in [6.07, 6.45) is 3.39. The van der Waals surface area contributed by atoms with Gasteiger partial charge in [-0.1, -0.05) is 24.4 Å². The second-order valence-electron chi connectivity index (χ2n) is 7.41. The van der Waals surface area contributed by atoms with Crippen LogP contribution in [0.2, 0.25) is 5.15 Å². The quantitative estimate of drug-likeness (QED) is 0.179. The van der Waals surface area contributed by atoms with Crippen LogP contribution in [0.15, 0.2) is 4.99 Å². The number of aromatic nitrogens is 2. The fourth-order valence-electron chi connectivity index (χ4n) is 2.22. The molecule has 0 saturated carbocycles. The van der Waals surface area contributed by atoms with Crippen molar-refractivity contribution in [3.05, 3.63) is 10.8 Å². The summed E-state index contributed by atoms with van der Waals surface area (Å²) >= 11 is 5.74. The number of rotatable bonds is 10. The molecule has 0 spiro atoms. The summed E-state index contributed by atoms with van der Waals surface area (Å²) in [5.41, 5.74) is 16.1. The van der Waals surface area contributed by atoms with Gasteiger partial charge < -0.3 is 26.7 Å². The number of carbonyl (C=O) groups is 2. The topological polar surface area (TPSA) is 181 Å². The molecule has 0 aliphatic heterocycles. The zero-order valence-corrected chi connectivity index (χ0v) is 18.3. The number of anilines is 2.